The lowest BCUT2D eigenvalue weighted by atomic mass is 9.81. The van der Waals surface area contributed by atoms with Gasteiger partial charge >= 0.3 is 12.2 Å². The number of nitrogens with zero attached hydrogens (tertiary/aromatic N) is 4. The van der Waals surface area contributed by atoms with E-state index in [0.29, 0.717) is 44.1 Å². The van der Waals surface area contributed by atoms with Crippen molar-refractivity contribution in [3.8, 4) is 33.6 Å². The number of ether oxygens (including phenoxy) is 3. The molecule has 66 heavy (non-hydrogen) atoms. The highest BCUT2D eigenvalue weighted by Crippen LogP contribution is 2.44. The van der Waals surface area contributed by atoms with Gasteiger partial charge in [-0.3, -0.25) is 9.59 Å². The van der Waals surface area contributed by atoms with Crippen LogP contribution in [0.25, 0.3) is 33.6 Å². The summed E-state index contributed by atoms with van der Waals surface area (Å²) >= 11 is 0. The van der Waals surface area contributed by atoms with Crippen molar-refractivity contribution >= 4 is 24.0 Å². The Morgan fingerprint density at radius 2 is 1.03 bits per heavy atom. The van der Waals surface area contributed by atoms with Crippen LogP contribution in [0, 0.1) is 23.7 Å². The highest BCUT2D eigenvalue weighted by molar-refractivity contribution is 5.88. The second-order valence-corrected chi connectivity index (χ2v) is 18.8. The normalized spacial score (nSPS) is 25.6. The van der Waals surface area contributed by atoms with Gasteiger partial charge in [-0.15, -0.1) is 0 Å². The van der Waals surface area contributed by atoms with Crippen LogP contribution in [0.3, 0.4) is 0 Å². The monoisotopic (exact) mass is 912 g/mol. The number of aromatic nitrogens is 4. The Labute approximate surface area is 384 Å². The first-order chi connectivity index (χ1) is 31.7. The van der Waals surface area contributed by atoms with Gasteiger partial charge in [0.2, 0.25) is 17.7 Å². The smallest absolute Gasteiger partial charge is 0.407 e. The summed E-state index contributed by atoms with van der Waals surface area (Å²) in [6, 6.07) is 13.7. The molecule has 8 atom stereocenters. The van der Waals surface area contributed by atoms with E-state index >= 15 is 0 Å². The molecule has 15 nitrogen and oxygen atoms in total. The summed E-state index contributed by atoms with van der Waals surface area (Å²) in [5, 5.41) is 5.52. The molecule has 3 saturated heterocycles. The molecule has 4 amide bonds. The van der Waals surface area contributed by atoms with Crippen LogP contribution in [0.4, 0.5) is 18.4 Å². The van der Waals surface area contributed by atoms with Gasteiger partial charge in [0.1, 0.15) is 23.7 Å². The highest BCUT2D eigenvalue weighted by Gasteiger charge is 2.48. The minimum Gasteiger partial charge on any atom is -0.453 e. The Kier molecular flexibility index (Phi) is 13.8. The molecule has 354 valence electrons. The Balaban J connectivity index is 0.947. The highest BCUT2D eigenvalue weighted by atomic mass is 19.3. The molecule has 1 saturated carbocycles. The average molecular weight is 913 g/mol. The van der Waals surface area contributed by atoms with Crippen molar-refractivity contribution in [3.05, 3.63) is 72.6 Å². The van der Waals surface area contributed by atoms with E-state index in [2.05, 4.69) is 53.5 Å². The quantitative estimate of drug-likeness (QED) is 0.115. The van der Waals surface area contributed by atoms with Crippen molar-refractivity contribution in [2.75, 3.05) is 27.4 Å². The van der Waals surface area contributed by atoms with Crippen molar-refractivity contribution in [2.24, 2.45) is 23.7 Å². The van der Waals surface area contributed by atoms with Crippen LogP contribution in [0.5, 0.6) is 0 Å². The van der Waals surface area contributed by atoms with Crippen LogP contribution in [-0.2, 0) is 23.8 Å². The second kappa shape index (κ2) is 19.6. The van der Waals surface area contributed by atoms with E-state index in [1.165, 1.54) is 14.2 Å². The fourth-order valence-corrected chi connectivity index (χ4v) is 10.5. The van der Waals surface area contributed by atoms with Crippen molar-refractivity contribution in [2.45, 2.75) is 121 Å². The molecule has 3 aliphatic heterocycles. The summed E-state index contributed by atoms with van der Waals surface area (Å²) in [6.07, 6.45) is 4.44. The van der Waals surface area contributed by atoms with E-state index in [0.717, 1.165) is 40.1 Å². The number of aromatic amines is 2. The molecule has 1 unspecified atom stereocenters. The van der Waals surface area contributed by atoms with Gasteiger partial charge in [0.25, 0.3) is 0 Å². The van der Waals surface area contributed by atoms with E-state index in [1.807, 2.05) is 48.2 Å². The predicted molar refractivity (Wildman–Crippen MR) is 242 cm³/mol. The first kappa shape index (κ1) is 46.7. The van der Waals surface area contributed by atoms with Crippen molar-refractivity contribution in [1.29, 1.82) is 0 Å². The number of benzene rings is 2. The largest absolute Gasteiger partial charge is 0.453 e. The number of halogens is 2. The molecular formula is C49H62F2N8O7. The number of likely N-dealkylation sites (tertiary alicyclic amines) is 2. The minimum absolute atomic E-state index is 0.0640. The third-order valence-electron chi connectivity index (χ3n) is 14.9. The van der Waals surface area contributed by atoms with Gasteiger partial charge in [-0.25, -0.2) is 28.3 Å². The molecule has 0 spiro atoms. The van der Waals surface area contributed by atoms with E-state index in [9.17, 15) is 28.0 Å². The van der Waals surface area contributed by atoms with Crippen LogP contribution in [0.15, 0.2) is 60.9 Å². The molecule has 17 heteroatoms. The third kappa shape index (κ3) is 9.67. The third-order valence-corrected chi connectivity index (χ3v) is 14.9. The standard InChI is InChI=1S/C49H62F2N8O7/c1-27-23-39(58(29(27)3)45(60)41(56-47(62)64-5)35-15-19-49(50,51)20-16-35)43-52-25-37(54-43)33-11-7-31(8-12-33)32-9-13-34(14-10-32)38-26-53-44(55-38)40-24-28(2)30(4)59(40)46(61)42(57-48(63)65-6)36-17-21-66-22-18-36/h7-14,25-30,35-36,39-42H,15-24H2,1-6H3,(H,52,54)(H,53,55)(H,56,62)(H,57,63)/t27-,28?,29-,30-,39+,40+,41+,42+/m1/s1. The second-order valence-electron chi connectivity index (χ2n) is 18.8. The molecule has 5 heterocycles. The predicted octanol–water partition coefficient (Wildman–Crippen LogP) is 8.43. The zero-order valence-corrected chi connectivity index (χ0v) is 38.5. The fourth-order valence-electron chi connectivity index (χ4n) is 10.5. The number of H-pyrrole nitrogens is 2. The number of amides is 4. The number of carbonyl (C=O) groups excluding carboxylic acids is 4. The first-order valence-corrected chi connectivity index (χ1v) is 23.3. The summed E-state index contributed by atoms with van der Waals surface area (Å²) in [6.45, 7) is 9.31. The number of alkyl halides is 2. The average Bonchev–Trinajstić information content (AvgIpc) is 4.14. The van der Waals surface area contributed by atoms with Gasteiger partial charge in [-0.1, -0.05) is 62.4 Å². The SMILES string of the molecule is COC(=O)N[C@H](C(=O)N1[C@H](C)C(C)C[C@H]1c1ncc(-c2ccc(-c3ccc(-c4cnc([C@@H]5C[C@@H](C)[C@@H](C)N5C(=O)[C@@H](NC(=O)OC)C5CCC(F)(F)CC5)[nH]4)cc3)cc2)[nH]1)C1CCOCC1. The summed E-state index contributed by atoms with van der Waals surface area (Å²) in [5.41, 5.74) is 5.49. The van der Waals surface area contributed by atoms with Gasteiger partial charge in [0, 0.05) is 38.1 Å². The number of imidazole rings is 2. The zero-order valence-electron chi connectivity index (χ0n) is 38.5. The first-order valence-electron chi connectivity index (χ1n) is 23.3. The van der Waals surface area contributed by atoms with Gasteiger partial charge in [-0.05, 0) is 98.3 Å². The van der Waals surface area contributed by atoms with E-state index in [-0.39, 0.29) is 73.4 Å². The lowest BCUT2D eigenvalue weighted by Crippen LogP contribution is -2.54. The van der Waals surface area contributed by atoms with Gasteiger partial charge in [0.15, 0.2) is 0 Å². The molecule has 2 aromatic carbocycles. The number of carbonyl (C=O) groups is 4. The van der Waals surface area contributed by atoms with E-state index in [4.69, 9.17) is 24.2 Å². The topological polar surface area (TPSA) is 184 Å². The Morgan fingerprint density at radius 1 is 0.652 bits per heavy atom. The summed E-state index contributed by atoms with van der Waals surface area (Å²) in [7, 11) is 2.52. The number of alkyl carbamates (subject to hydrolysis) is 2. The van der Waals surface area contributed by atoms with Crippen LogP contribution < -0.4 is 10.6 Å². The molecule has 4 N–H and O–H groups in total. The van der Waals surface area contributed by atoms with E-state index in [1.54, 1.807) is 17.3 Å². The molecule has 8 rings (SSSR count). The van der Waals surface area contributed by atoms with Crippen molar-refractivity contribution < 1.29 is 42.2 Å². The molecule has 2 aromatic heterocycles. The Morgan fingerprint density at radius 3 is 1.42 bits per heavy atom. The van der Waals surface area contributed by atoms with Crippen LogP contribution in [0.2, 0.25) is 0 Å². The van der Waals surface area contributed by atoms with Crippen LogP contribution in [-0.4, -0.2) is 111 Å². The van der Waals surface area contributed by atoms with Gasteiger partial charge < -0.3 is 44.6 Å². The number of rotatable bonds is 11. The number of methoxy groups -OCH3 is 2. The van der Waals surface area contributed by atoms with Gasteiger partial charge in [-0.2, -0.15) is 0 Å². The maximum absolute atomic E-state index is 14.4. The summed E-state index contributed by atoms with van der Waals surface area (Å²) < 4.78 is 43.5. The number of hydrogen-bond acceptors (Lipinski definition) is 9. The minimum atomic E-state index is -2.78. The van der Waals surface area contributed by atoms with Gasteiger partial charge in [0.05, 0.1) is 50.1 Å². The maximum atomic E-state index is 14.4. The van der Waals surface area contributed by atoms with E-state index < -0.39 is 42.2 Å². The zero-order chi connectivity index (χ0) is 46.9. The van der Waals surface area contributed by atoms with Crippen molar-refractivity contribution in [3.63, 3.8) is 0 Å². The lowest BCUT2D eigenvalue weighted by molar-refractivity contribution is -0.140. The number of hydrogen-bond donors (Lipinski definition) is 4. The fraction of sp³-hybridized carbons (Fsp3) is 0.551. The van der Waals surface area contributed by atoms with Crippen LogP contribution in [0.1, 0.15) is 103 Å². The molecule has 4 fully saturated rings. The molecular weight excluding hydrogens is 851 g/mol. The molecule has 0 radical (unpaired) electrons. The Bertz CT molecular complexity index is 2340. The van der Waals surface area contributed by atoms with Crippen LogP contribution >= 0.6 is 0 Å². The molecule has 0 bridgehead atoms. The molecule has 1 aliphatic carbocycles. The maximum Gasteiger partial charge on any atom is 0.407 e. The summed E-state index contributed by atoms with van der Waals surface area (Å²) in [4.78, 5) is 73.7. The summed E-state index contributed by atoms with van der Waals surface area (Å²) in [5.74, 6) is -2.08. The lowest BCUT2D eigenvalue weighted by Gasteiger charge is -2.37. The Hall–Kier alpha value is -5.84. The molecule has 4 aromatic rings. The number of nitrogens with one attached hydrogen (secondary N) is 4. The molecule has 4 aliphatic rings. The van der Waals surface area contributed by atoms with Crippen molar-refractivity contribution in [1.82, 2.24) is 40.4 Å².